The molecule has 0 bridgehead atoms. The highest BCUT2D eigenvalue weighted by molar-refractivity contribution is 5.27. The molecule has 0 fully saturated rings. The van der Waals surface area contributed by atoms with Crippen molar-refractivity contribution in [2.24, 2.45) is 0 Å². The molecule has 1 atom stereocenters. The number of hydrogen-bond donors (Lipinski definition) is 2. The van der Waals surface area contributed by atoms with E-state index in [9.17, 15) is 5.11 Å². The van der Waals surface area contributed by atoms with Gasteiger partial charge in [-0.05, 0) is 36.6 Å². The van der Waals surface area contributed by atoms with Gasteiger partial charge in [-0.25, -0.2) is 0 Å². The van der Waals surface area contributed by atoms with E-state index in [1.54, 1.807) is 0 Å². The summed E-state index contributed by atoms with van der Waals surface area (Å²) >= 11 is 0. The zero-order valence-corrected chi connectivity index (χ0v) is 12.5. The predicted octanol–water partition coefficient (Wildman–Crippen LogP) is 3.09. The maximum atomic E-state index is 9.19. The second-order valence-electron chi connectivity index (χ2n) is 5.09. The third-order valence-electron chi connectivity index (χ3n) is 3.37. The van der Waals surface area contributed by atoms with Crippen molar-refractivity contribution in [3.63, 3.8) is 0 Å². The molecule has 2 rings (SSSR count). The Balaban J connectivity index is 1.80. The molecule has 0 aromatic heterocycles. The van der Waals surface area contributed by atoms with Gasteiger partial charge >= 0.3 is 0 Å². The number of rotatable bonds is 8. The van der Waals surface area contributed by atoms with Crippen LogP contribution in [-0.4, -0.2) is 24.9 Å². The molecule has 0 spiro atoms. The summed E-state index contributed by atoms with van der Waals surface area (Å²) in [4.78, 5) is 0. The van der Waals surface area contributed by atoms with E-state index in [2.05, 4.69) is 30.4 Å². The molecule has 2 aromatic rings. The van der Waals surface area contributed by atoms with Crippen LogP contribution >= 0.6 is 0 Å². The summed E-state index contributed by atoms with van der Waals surface area (Å²) in [7, 11) is 0. The highest BCUT2D eigenvalue weighted by Crippen LogP contribution is 2.16. The number of aliphatic hydroxyl groups is 1. The van der Waals surface area contributed by atoms with Crippen LogP contribution in [0.25, 0.3) is 0 Å². The van der Waals surface area contributed by atoms with Crippen molar-refractivity contribution in [3.05, 3.63) is 65.7 Å². The van der Waals surface area contributed by atoms with Gasteiger partial charge < -0.3 is 15.2 Å². The van der Waals surface area contributed by atoms with Crippen LogP contribution < -0.4 is 10.1 Å². The highest BCUT2D eigenvalue weighted by Gasteiger charge is 2.09. The lowest BCUT2D eigenvalue weighted by Crippen LogP contribution is -2.27. The Morgan fingerprint density at radius 3 is 2.62 bits per heavy atom. The van der Waals surface area contributed by atoms with Gasteiger partial charge in [0.15, 0.2) is 0 Å². The van der Waals surface area contributed by atoms with Gasteiger partial charge in [0, 0.05) is 19.2 Å². The van der Waals surface area contributed by atoms with E-state index < -0.39 is 0 Å². The van der Waals surface area contributed by atoms with Crippen molar-refractivity contribution in [1.29, 1.82) is 0 Å². The molecule has 2 N–H and O–H groups in total. The lowest BCUT2D eigenvalue weighted by atomic mass is 10.0. The molecule has 0 aliphatic carbocycles. The van der Waals surface area contributed by atoms with E-state index in [0.29, 0.717) is 13.0 Å². The Bertz CT molecular complexity index is 528. The minimum atomic E-state index is 0.164. The molecule has 0 aliphatic rings. The van der Waals surface area contributed by atoms with E-state index in [4.69, 9.17) is 4.74 Å². The fourth-order valence-electron chi connectivity index (χ4n) is 2.31. The highest BCUT2D eigenvalue weighted by atomic mass is 16.5. The van der Waals surface area contributed by atoms with Crippen LogP contribution in [0, 0.1) is 6.92 Å². The Labute approximate surface area is 126 Å². The van der Waals surface area contributed by atoms with Crippen LogP contribution in [0.2, 0.25) is 0 Å². The summed E-state index contributed by atoms with van der Waals surface area (Å²) in [5, 5.41) is 12.6. The van der Waals surface area contributed by atoms with Gasteiger partial charge in [-0.2, -0.15) is 0 Å². The van der Waals surface area contributed by atoms with Crippen molar-refractivity contribution in [2.45, 2.75) is 19.4 Å². The van der Waals surface area contributed by atoms with Crippen molar-refractivity contribution < 1.29 is 9.84 Å². The van der Waals surface area contributed by atoms with E-state index in [-0.39, 0.29) is 12.6 Å². The average molecular weight is 285 g/mol. The van der Waals surface area contributed by atoms with Gasteiger partial charge in [0.2, 0.25) is 0 Å². The molecule has 21 heavy (non-hydrogen) atoms. The number of aliphatic hydroxyl groups excluding tert-OH is 1. The summed E-state index contributed by atoms with van der Waals surface area (Å²) in [5.41, 5.74) is 2.39. The second kappa shape index (κ2) is 8.45. The first-order valence-corrected chi connectivity index (χ1v) is 7.38. The summed E-state index contributed by atoms with van der Waals surface area (Å²) < 4.78 is 5.73. The fourth-order valence-corrected chi connectivity index (χ4v) is 2.31. The van der Waals surface area contributed by atoms with E-state index in [1.807, 2.05) is 36.4 Å². The fraction of sp³-hybridized carbons (Fsp3) is 0.333. The van der Waals surface area contributed by atoms with Crippen LogP contribution in [0.4, 0.5) is 0 Å². The molecule has 2 aromatic carbocycles. The van der Waals surface area contributed by atoms with Crippen molar-refractivity contribution in [3.8, 4) is 5.75 Å². The molecule has 3 heteroatoms. The molecule has 0 saturated carbocycles. The number of ether oxygens (including phenoxy) is 1. The van der Waals surface area contributed by atoms with Crippen molar-refractivity contribution in [1.82, 2.24) is 5.32 Å². The summed E-state index contributed by atoms with van der Waals surface area (Å²) in [5.74, 6) is 0.898. The monoisotopic (exact) mass is 285 g/mol. The van der Waals surface area contributed by atoms with Gasteiger partial charge in [-0.15, -0.1) is 0 Å². The van der Waals surface area contributed by atoms with Crippen LogP contribution in [0.1, 0.15) is 23.6 Å². The number of aryl methyl sites for hydroxylation is 1. The summed E-state index contributed by atoms with van der Waals surface area (Å²) in [6.45, 7) is 3.58. The first-order valence-electron chi connectivity index (χ1n) is 7.38. The standard InChI is InChI=1S/C18H23NO2/c1-15-6-5-9-17(14-15)21-13-11-19-18(10-12-20)16-7-3-2-4-8-16/h2-9,14,18-20H,10-13H2,1H3. The molecule has 0 heterocycles. The van der Waals surface area contributed by atoms with Crippen LogP contribution in [0.15, 0.2) is 54.6 Å². The molecule has 0 saturated heterocycles. The van der Waals surface area contributed by atoms with Gasteiger partial charge in [0.05, 0.1) is 0 Å². The molecule has 0 amide bonds. The zero-order valence-electron chi connectivity index (χ0n) is 12.5. The SMILES string of the molecule is Cc1cccc(OCCNC(CCO)c2ccccc2)c1. The minimum Gasteiger partial charge on any atom is -0.492 e. The molecule has 112 valence electrons. The third-order valence-corrected chi connectivity index (χ3v) is 3.37. The smallest absolute Gasteiger partial charge is 0.119 e. The van der Waals surface area contributed by atoms with Crippen molar-refractivity contribution >= 4 is 0 Å². The third kappa shape index (κ3) is 5.21. The van der Waals surface area contributed by atoms with E-state index >= 15 is 0 Å². The van der Waals surface area contributed by atoms with Gasteiger partial charge in [0.1, 0.15) is 12.4 Å². The Hall–Kier alpha value is -1.84. The normalized spacial score (nSPS) is 12.1. The summed E-state index contributed by atoms with van der Waals surface area (Å²) in [6.07, 6.45) is 0.703. The van der Waals surface area contributed by atoms with Gasteiger partial charge in [-0.1, -0.05) is 42.5 Å². The Morgan fingerprint density at radius 2 is 1.90 bits per heavy atom. The summed E-state index contributed by atoms with van der Waals surface area (Å²) in [6, 6.07) is 18.4. The van der Waals surface area contributed by atoms with Gasteiger partial charge in [-0.3, -0.25) is 0 Å². The van der Waals surface area contributed by atoms with Crippen LogP contribution in [0.5, 0.6) is 5.75 Å². The largest absolute Gasteiger partial charge is 0.492 e. The molecule has 0 radical (unpaired) electrons. The first kappa shape index (κ1) is 15.5. The maximum absolute atomic E-state index is 9.19. The van der Waals surface area contributed by atoms with Crippen LogP contribution in [0.3, 0.4) is 0 Å². The topological polar surface area (TPSA) is 41.5 Å². The Morgan fingerprint density at radius 1 is 1.10 bits per heavy atom. The number of nitrogens with one attached hydrogen (secondary N) is 1. The average Bonchev–Trinajstić information content (AvgIpc) is 2.51. The van der Waals surface area contributed by atoms with E-state index in [1.165, 1.54) is 11.1 Å². The number of benzene rings is 2. The molecular weight excluding hydrogens is 262 g/mol. The lowest BCUT2D eigenvalue weighted by molar-refractivity contribution is 0.255. The quantitative estimate of drug-likeness (QED) is 0.732. The second-order valence-corrected chi connectivity index (χ2v) is 5.09. The molecule has 3 nitrogen and oxygen atoms in total. The first-order chi connectivity index (χ1) is 10.3. The van der Waals surface area contributed by atoms with Crippen LogP contribution in [-0.2, 0) is 0 Å². The Kier molecular flexibility index (Phi) is 6.25. The lowest BCUT2D eigenvalue weighted by Gasteiger charge is -2.18. The van der Waals surface area contributed by atoms with Gasteiger partial charge in [0.25, 0.3) is 0 Å². The molecule has 1 unspecified atom stereocenters. The number of hydrogen-bond acceptors (Lipinski definition) is 3. The van der Waals surface area contributed by atoms with Crippen molar-refractivity contribution in [2.75, 3.05) is 19.8 Å². The predicted molar refractivity (Wildman–Crippen MR) is 85.6 cm³/mol. The van der Waals surface area contributed by atoms with E-state index in [0.717, 1.165) is 12.3 Å². The maximum Gasteiger partial charge on any atom is 0.119 e. The molecule has 0 aliphatic heterocycles. The zero-order chi connectivity index (χ0) is 14.9. The minimum absolute atomic E-state index is 0.164. The molecular formula is C18H23NO2.